The number of aryl methyl sites for hydroxylation is 1. The molecule has 2 aromatic carbocycles. The molecule has 5 nitrogen and oxygen atoms in total. The fourth-order valence-electron chi connectivity index (χ4n) is 6.05. The minimum atomic E-state index is 0.247. The van der Waals surface area contributed by atoms with Crippen molar-refractivity contribution in [3.05, 3.63) is 65.5 Å². The molecule has 5 heteroatoms. The van der Waals surface area contributed by atoms with E-state index in [0.717, 1.165) is 67.0 Å². The molecule has 184 valence electrons. The third-order valence-corrected chi connectivity index (χ3v) is 7.89. The third-order valence-electron chi connectivity index (χ3n) is 7.89. The van der Waals surface area contributed by atoms with Gasteiger partial charge in [0.05, 0.1) is 5.52 Å². The molecule has 0 radical (unpaired) electrons. The lowest BCUT2D eigenvalue weighted by Gasteiger charge is -2.29. The molecule has 0 atom stereocenters. The predicted octanol–water partition coefficient (Wildman–Crippen LogP) is 5.50. The van der Waals surface area contributed by atoms with Gasteiger partial charge in [-0.2, -0.15) is 0 Å². The Morgan fingerprint density at radius 1 is 0.914 bits per heavy atom. The number of hydrogen-bond acceptors (Lipinski definition) is 4. The zero-order valence-corrected chi connectivity index (χ0v) is 21.2. The highest BCUT2D eigenvalue weighted by Crippen LogP contribution is 2.31. The molecule has 1 heterocycles. The number of aromatic nitrogens is 2. The largest absolute Gasteiger partial charge is 0.362 e. The summed E-state index contributed by atoms with van der Waals surface area (Å²) in [5.74, 6) is 3.41. The van der Waals surface area contributed by atoms with Crippen LogP contribution >= 0.6 is 0 Å². The highest BCUT2D eigenvalue weighted by Gasteiger charge is 2.26. The van der Waals surface area contributed by atoms with Crippen LogP contribution in [0.2, 0.25) is 0 Å². The lowest BCUT2D eigenvalue weighted by molar-refractivity contribution is -0.122. The van der Waals surface area contributed by atoms with Crippen molar-refractivity contribution < 1.29 is 4.79 Å². The van der Waals surface area contributed by atoms with E-state index in [2.05, 4.69) is 46.6 Å². The zero-order valence-electron chi connectivity index (χ0n) is 21.2. The van der Waals surface area contributed by atoms with Gasteiger partial charge in [0, 0.05) is 38.4 Å². The Labute approximate surface area is 209 Å². The Bertz CT molecular complexity index is 1140. The number of carbonyl (C=O) groups is 1. The molecule has 2 aliphatic carbocycles. The van der Waals surface area contributed by atoms with Gasteiger partial charge in [-0.25, -0.2) is 9.97 Å². The van der Waals surface area contributed by atoms with E-state index >= 15 is 0 Å². The van der Waals surface area contributed by atoms with Gasteiger partial charge in [-0.1, -0.05) is 42.8 Å². The lowest BCUT2D eigenvalue weighted by atomic mass is 9.83. The van der Waals surface area contributed by atoms with Crippen LogP contribution in [0.5, 0.6) is 0 Å². The van der Waals surface area contributed by atoms with Gasteiger partial charge in [0.25, 0.3) is 0 Å². The second kappa shape index (κ2) is 10.8. The minimum absolute atomic E-state index is 0.247. The highest BCUT2D eigenvalue weighted by atomic mass is 16.1. The summed E-state index contributed by atoms with van der Waals surface area (Å²) < 4.78 is 0. The van der Waals surface area contributed by atoms with Crippen LogP contribution in [0.3, 0.4) is 0 Å². The summed E-state index contributed by atoms with van der Waals surface area (Å²) in [6.45, 7) is 0. The normalized spacial score (nSPS) is 20.1. The molecule has 1 saturated carbocycles. The van der Waals surface area contributed by atoms with E-state index < -0.39 is 0 Å². The summed E-state index contributed by atoms with van der Waals surface area (Å²) in [4.78, 5) is 24.4. The highest BCUT2D eigenvalue weighted by molar-refractivity contribution is 5.89. The molecule has 1 aromatic heterocycles. The average Bonchev–Trinajstić information content (AvgIpc) is 3.26. The monoisotopic (exact) mass is 470 g/mol. The first-order valence-corrected chi connectivity index (χ1v) is 13.3. The molecule has 0 saturated heterocycles. The number of carbonyl (C=O) groups excluding carboxylic acids is 1. The van der Waals surface area contributed by atoms with Crippen molar-refractivity contribution in [3.63, 3.8) is 0 Å². The van der Waals surface area contributed by atoms with E-state index in [0.29, 0.717) is 18.4 Å². The number of nitrogens with zero attached hydrogens (tertiary/aromatic N) is 3. The maximum Gasteiger partial charge on any atom is 0.220 e. The minimum Gasteiger partial charge on any atom is -0.362 e. The van der Waals surface area contributed by atoms with Gasteiger partial charge in [-0.15, -0.1) is 0 Å². The topological polar surface area (TPSA) is 58.1 Å². The molecule has 1 fully saturated rings. The van der Waals surface area contributed by atoms with Crippen molar-refractivity contribution in [1.29, 1.82) is 0 Å². The molecule has 1 N–H and O–H groups in total. The predicted molar refractivity (Wildman–Crippen MR) is 143 cm³/mol. The van der Waals surface area contributed by atoms with Crippen molar-refractivity contribution in [3.8, 4) is 0 Å². The first-order valence-electron chi connectivity index (χ1n) is 13.3. The molecular formula is C30H38N4O. The number of rotatable bonds is 8. The van der Waals surface area contributed by atoms with Crippen LogP contribution in [-0.2, 0) is 24.1 Å². The molecule has 3 aromatic rings. The van der Waals surface area contributed by atoms with E-state index in [1.165, 1.54) is 30.4 Å². The summed E-state index contributed by atoms with van der Waals surface area (Å²) in [7, 11) is 4.09. The Balaban J connectivity index is 1.04. The molecule has 1 amide bonds. The zero-order chi connectivity index (χ0) is 24.2. The maximum absolute atomic E-state index is 12.7. The Kier molecular flexibility index (Phi) is 7.31. The second-order valence-electron chi connectivity index (χ2n) is 10.8. The smallest absolute Gasteiger partial charge is 0.220 e. The quantitative estimate of drug-likeness (QED) is 0.472. The summed E-state index contributed by atoms with van der Waals surface area (Å²) in [6.07, 6.45) is 10.7. The van der Waals surface area contributed by atoms with Crippen LogP contribution < -0.4 is 10.2 Å². The second-order valence-corrected chi connectivity index (χ2v) is 10.8. The summed E-state index contributed by atoms with van der Waals surface area (Å²) in [6, 6.07) is 17.3. The first-order chi connectivity index (χ1) is 17.0. The standard InChI is InChI=1S/C30H38N4O/c1-34(2)30-26-11-5-6-12-27(26)32-28(33-30)13-7-8-21-14-16-25(17-15-21)31-29(35)20-22-18-23-9-3-4-10-24(23)19-22/h3-6,9-12,21-22,25H,7-8,13-20H2,1-2H3,(H,31,35). The number of amides is 1. The van der Waals surface area contributed by atoms with E-state index in [4.69, 9.17) is 9.97 Å². The van der Waals surface area contributed by atoms with Gasteiger partial charge in [0.15, 0.2) is 0 Å². The van der Waals surface area contributed by atoms with Gasteiger partial charge in [-0.05, 0) is 80.0 Å². The molecular weight excluding hydrogens is 432 g/mol. The molecule has 0 bridgehead atoms. The SMILES string of the molecule is CN(C)c1nc(CCCC2CCC(NC(=O)CC3Cc4ccccc4C3)CC2)nc2ccccc12. The van der Waals surface area contributed by atoms with Gasteiger partial charge in [-0.3, -0.25) is 4.79 Å². The number of fused-ring (bicyclic) bond motifs is 2. The van der Waals surface area contributed by atoms with Crippen LogP contribution in [0.1, 0.15) is 61.9 Å². The summed E-state index contributed by atoms with van der Waals surface area (Å²) in [5.41, 5.74) is 3.88. The van der Waals surface area contributed by atoms with Crippen LogP contribution in [0.15, 0.2) is 48.5 Å². The molecule has 35 heavy (non-hydrogen) atoms. The van der Waals surface area contributed by atoms with E-state index in [1.807, 2.05) is 26.2 Å². The number of anilines is 1. The maximum atomic E-state index is 12.7. The van der Waals surface area contributed by atoms with Crippen molar-refractivity contribution >= 4 is 22.6 Å². The Morgan fingerprint density at radius 2 is 1.60 bits per heavy atom. The summed E-state index contributed by atoms with van der Waals surface area (Å²) in [5, 5.41) is 4.46. The van der Waals surface area contributed by atoms with Crippen LogP contribution in [0.25, 0.3) is 10.9 Å². The molecule has 5 rings (SSSR count). The van der Waals surface area contributed by atoms with Crippen LogP contribution in [-0.4, -0.2) is 36.0 Å². The fraction of sp³-hybridized carbons (Fsp3) is 0.500. The Morgan fingerprint density at radius 3 is 2.31 bits per heavy atom. The molecule has 2 aliphatic rings. The average molecular weight is 471 g/mol. The summed E-state index contributed by atoms with van der Waals surface area (Å²) >= 11 is 0. The van der Waals surface area contributed by atoms with Crippen molar-refractivity contribution in [2.45, 2.75) is 70.3 Å². The fourth-order valence-corrected chi connectivity index (χ4v) is 6.05. The van der Waals surface area contributed by atoms with E-state index in [9.17, 15) is 4.79 Å². The number of para-hydroxylation sites is 1. The van der Waals surface area contributed by atoms with Crippen LogP contribution in [0.4, 0.5) is 5.82 Å². The Hall–Kier alpha value is -2.95. The number of nitrogens with one attached hydrogen (secondary N) is 1. The van der Waals surface area contributed by atoms with E-state index in [1.54, 1.807) is 0 Å². The third kappa shape index (κ3) is 5.83. The van der Waals surface area contributed by atoms with Gasteiger partial charge >= 0.3 is 0 Å². The van der Waals surface area contributed by atoms with Crippen molar-refractivity contribution in [2.75, 3.05) is 19.0 Å². The van der Waals surface area contributed by atoms with Crippen molar-refractivity contribution in [1.82, 2.24) is 15.3 Å². The van der Waals surface area contributed by atoms with E-state index in [-0.39, 0.29) is 5.91 Å². The van der Waals surface area contributed by atoms with Crippen molar-refractivity contribution in [2.24, 2.45) is 11.8 Å². The van der Waals surface area contributed by atoms with Gasteiger partial charge in [0.2, 0.25) is 5.91 Å². The van der Waals surface area contributed by atoms with Gasteiger partial charge in [0.1, 0.15) is 11.6 Å². The molecule has 0 unspecified atom stereocenters. The van der Waals surface area contributed by atoms with Crippen LogP contribution in [0, 0.1) is 11.8 Å². The first kappa shape index (κ1) is 23.8. The number of hydrogen-bond donors (Lipinski definition) is 1. The number of benzene rings is 2. The molecule has 0 aliphatic heterocycles. The van der Waals surface area contributed by atoms with Gasteiger partial charge < -0.3 is 10.2 Å². The molecule has 0 spiro atoms. The lowest BCUT2D eigenvalue weighted by Crippen LogP contribution is -2.38.